The second-order valence-electron chi connectivity index (χ2n) is 10.1. The number of hydrogen-bond acceptors (Lipinski definition) is 4. The van der Waals surface area contributed by atoms with Gasteiger partial charge in [-0.2, -0.15) is 0 Å². The molecule has 0 fully saturated rings. The van der Waals surface area contributed by atoms with E-state index < -0.39 is 5.60 Å². The van der Waals surface area contributed by atoms with Crippen LogP contribution in [0.2, 0.25) is 0 Å². The van der Waals surface area contributed by atoms with Gasteiger partial charge in [-0.15, -0.1) is 34.0 Å². The number of ether oxygens (including phenoxy) is 1. The lowest BCUT2D eigenvalue weighted by atomic mass is 9.83. The van der Waals surface area contributed by atoms with Crippen LogP contribution in [0.3, 0.4) is 0 Å². The van der Waals surface area contributed by atoms with Crippen molar-refractivity contribution in [3.05, 3.63) is 156 Å². The van der Waals surface area contributed by atoms with Gasteiger partial charge >= 0.3 is 0 Å². The molecule has 4 aromatic carbocycles. The van der Waals surface area contributed by atoms with Crippen LogP contribution in [-0.4, -0.2) is 0 Å². The van der Waals surface area contributed by atoms with Crippen LogP contribution in [0.5, 0.6) is 5.75 Å². The molecule has 4 heterocycles. The average molecular weight is 581 g/mol. The third kappa shape index (κ3) is 4.27. The van der Waals surface area contributed by atoms with E-state index in [4.69, 9.17) is 4.74 Å². The molecule has 0 radical (unpaired) electrons. The first kappa shape index (κ1) is 24.6. The molecule has 0 unspecified atom stereocenters. The van der Waals surface area contributed by atoms with Crippen LogP contribution in [0, 0.1) is 0 Å². The van der Waals surface area contributed by atoms with Crippen molar-refractivity contribution >= 4 is 50.9 Å². The largest absolute Gasteiger partial charge is 0.473 e. The summed E-state index contributed by atoms with van der Waals surface area (Å²) in [5, 5.41) is 4.56. The zero-order valence-electron chi connectivity index (χ0n) is 22.0. The smallest absolute Gasteiger partial charge is 0.178 e. The van der Waals surface area contributed by atoms with Gasteiger partial charge in [-0.3, -0.25) is 0 Å². The molecule has 1 aliphatic rings. The van der Waals surface area contributed by atoms with Crippen molar-refractivity contribution in [2.45, 2.75) is 5.60 Å². The van der Waals surface area contributed by atoms with Crippen LogP contribution in [0.1, 0.15) is 16.7 Å². The topological polar surface area (TPSA) is 9.23 Å². The molecule has 0 atom stereocenters. The molecule has 41 heavy (non-hydrogen) atoms. The predicted molar refractivity (Wildman–Crippen MR) is 177 cm³/mol. The molecule has 0 spiro atoms. The monoisotopic (exact) mass is 580 g/mol. The van der Waals surface area contributed by atoms with Crippen LogP contribution in [-0.2, 0) is 5.60 Å². The molecular weight excluding hydrogens is 557 g/mol. The molecule has 4 heteroatoms. The van der Waals surface area contributed by atoms with Crippen LogP contribution in [0.4, 0.5) is 0 Å². The molecule has 0 N–H and O–H groups in total. The van der Waals surface area contributed by atoms with E-state index in [1.807, 2.05) is 22.7 Å². The van der Waals surface area contributed by atoms with Gasteiger partial charge in [-0.1, -0.05) is 84.9 Å². The number of thiophene rings is 3. The molecule has 0 bridgehead atoms. The summed E-state index contributed by atoms with van der Waals surface area (Å²) in [6.07, 6.45) is 4.47. The second-order valence-corrected chi connectivity index (χ2v) is 13.2. The van der Waals surface area contributed by atoms with Gasteiger partial charge in [0.25, 0.3) is 0 Å². The van der Waals surface area contributed by atoms with Crippen LogP contribution in [0.15, 0.2) is 139 Å². The summed E-state index contributed by atoms with van der Waals surface area (Å²) in [6.45, 7) is 0. The van der Waals surface area contributed by atoms with Gasteiger partial charge in [0.05, 0.1) is 0 Å². The molecular formula is C37H24OS3. The zero-order valence-corrected chi connectivity index (χ0v) is 24.4. The summed E-state index contributed by atoms with van der Waals surface area (Å²) in [4.78, 5) is 6.56. The van der Waals surface area contributed by atoms with E-state index in [1.54, 1.807) is 11.3 Å². The highest BCUT2D eigenvalue weighted by atomic mass is 32.1. The summed E-state index contributed by atoms with van der Waals surface area (Å²) in [5.41, 5.74) is 3.91. The summed E-state index contributed by atoms with van der Waals surface area (Å²) < 4.78 is 6.96. The van der Waals surface area contributed by atoms with E-state index in [0.29, 0.717) is 0 Å². The maximum atomic E-state index is 6.96. The van der Waals surface area contributed by atoms with Crippen molar-refractivity contribution in [1.29, 1.82) is 0 Å². The Balaban J connectivity index is 1.18. The number of rotatable bonds is 5. The lowest BCUT2D eigenvalue weighted by Crippen LogP contribution is -2.34. The minimum absolute atomic E-state index is 0.674. The maximum absolute atomic E-state index is 6.96. The highest BCUT2D eigenvalue weighted by Crippen LogP contribution is 2.46. The Morgan fingerprint density at radius 1 is 0.537 bits per heavy atom. The molecule has 196 valence electrons. The van der Waals surface area contributed by atoms with Crippen molar-refractivity contribution in [2.75, 3.05) is 0 Å². The summed E-state index contributed by atoms with van der Waals surface area (Å²) in [7, 11) is 0. The van der Waals surface area contributed by atoms with Crippen molar-refractivity contribution in [1.82, 2.24) is 0 Å². The Morgan fingerprint density at radius 3 is 1.85 bits per heavy atom. The quantitative estimate of drug-likeness (QED) is 0.197. The molecule has 0 saturated carbocycles. The lowest BCUT2D eigenvalue weighted by molar-refractivity contribution is 0.161. The highest BCUT2D eigenvalue weighted by Gasteiger charge is 2.37. The maximum Gasteiger partial charge on any atom is 0.178 e. The minimum atomic E-state index is -0.674. The van der Waals surface area contributed by atoms with Gasteiger partial charge in [-0.05, 0) is 76.3 Å². The molecule has 0 saturated heterocycles. The van der Waals surface area contributed by atoms with E-state index in [2.05, 4.69) is 145 Å². The third-order valence-corrected chi connectivity index (χ3v) is 11.2. The molecule has 1 nitrogen and oxygen atoms in total. The first-order valence-corrected chi connectivity index (χ1v) is 16.1. The first-order valence-electron chi connectivity index (χ1n) is 13.6. The predicted octanol–water partition coefficient (Wildman–Crippen LogP) is 11.4. The van der Waals surface area contributed by atoms with Crippen LogP contribution < -0.4 is 4.74 Å². The number of fused-ring (bicyclic) bond motifs is 3. The molecule has 0 aliphatic carbocycles. The normalized spacial score (nSPS) is 13.7. The van der Waals surface area contributed by atoms with Crippen LogP contribution in [0.25, 0.3) is 46.8 Å². The second kappa shape index (κ2) is 10.0. The SMILES string of the molecule is C1=CC(c2ccccc2)(c2ccccc2)Oc2ccc3ccc(-c4ccc(-c5ccc(-c6cccs6)s5)s4)cc3c21. The van der Waals surface area contributed by atoms with E-state index in [9.17, 15) is 0 Å². The van der Waals surface area contributed by atoms with Gasteiger partial charge < -0.3 is 4.74 Å². The van der Waals surface area contributed by atoms with E-state index >= 15 is 0 Å². The van der Waals surface area contributed by atoms with E-state index in [1.165, 1.54) is 40.7 Å². The fourth-order valence-corrected chi connectivity index (χ4v) is 8.57. The Labute approximate surface area is 251 Å². The van der Waals surface area contributed by atoms with Crippen molar-refractivity contribution in [2.24, 2.45) is 0 Å². The fourth-order valence-electron chi connectivity index (χ4n) is 5.64. The van der Waals surface area contributed by atoms with E-state index in [0.717, 1.165) is 22.4 Å². The van der Waals surface area contributed by atoms with Gasteiger partial charge in [0, 0.05) is 41.1 Å². The molecule has 1 aliphatic heterocycles. The van der Waals surface area contributed by atoms with E-state index in [-0.39, 0.29) is 0 Å². The van der Waals surface area contributed by atoms with Gasteiger partial charge in [-0.25, -0.2) is 0 Å². The van der Waals surface area contributed by atoms with Gasteiger partial charge in [0.2, 0.25) is 0 Å². The highest BCUT2D eigenvalue weighted by molar-refractivity contribution is 7.27. The number of benzene rings is 4. The molecule has 8 rings (SSSR count). The third-order valence-electron chi connectivity index (χ3n) is 7.69. The standard InChI is InChI=1S/C37H24OS3/c1-3-8-27(9-4-1)37(28-10-5-2-6-11-28)22-21-29-30-24-26(14-13-25(30)15-16-31(29)38-37)32-17-18-35(40-32)36-20-19-34(41-36)33-12-7-23-39-33/h1-24H. The summed E-state index contributed by atoms with van der Waals surface area (Å²) in [6, 6.07) is 45.4. The Bertz CT molecular complexity index is 1970. The molecule has 0 amide bonds. The Hall–Kier alpha value is -4.22. The summed E-state index contributed by atoms with van der Waals surface area (Å²) >= 11 is 5.51. The van der Waals surface area contributed by atoms with Gasteiger partial charge in [0.15, 0.2) is 5.60 Å². The Kier molecular flexibility index (Phi) is 5.99. The lowest BCUT2D eigenvalue weighted by Gasteiger charge is -2.36. The van der Waals surface area contributed by atoms with Crippen molar-refractivity contribution in [3.8, 4) is 35.7 Å². The Morgan fingerprint density at radius 2 is 1.17 bits per heavy atom. The zero-order chi connectivity index (χ0) is 27.2. The fraction of sp³-hybridized carbons (Fsp3) is 0.0270. The summed E-state index contributed by atoms with van der Waals surface area (Å²) in [5.74, 6) is 0.899. The van der Waals surface area contributed by atoms with Crippen molar-refractivity contribution < 1.29 is 4.74 Å². The van der Waals surface area contributed by atoms with Crippen LogP contribution >= 0.6 is 34.0 Å². The minimum Gasteiger partial charge on any atom is -0.473 e. The molecule has 7 aromatic rings. The molecule has 3 aromatic heterocycles. The first-order chi connectivity index (χ1) is 20.3. The van der Waals surface area contributed by atoms with Gasteiger partial charge in [0.1, 0.15) is 5.75 Å². The average Bonchev–Trinajstić information content (AvgIpc) is 3.83. The van der Waals surface area contributed by atoms with Crippen molar-refractivity contribution in [3.63, 3.8) is 0 Å². The number of hydrogen-bond donors (Lipinski definition) is 0.